The summed E-state index contributed by atoms with van der Waals surface area (Å²) in [6, 6.07) is 35.0. The summed E-state index contributed by atoms with van der Waals surface area (Å²) in [4.78, 5) is 0. The lowest BCUT2D eigenvalue weighted by Crippen LogP contribution is -1.90. The zero-order valence-electron chi connectivity index (χ0n) is 15.3. The monoisotopic (exact) mass is 361 g/mol. The van der Waals surface area contributed by atoms with E-state index in [9.17, 15) is 0 Å². The quantitative estimate of drug-likeness (QED) is 0.276. The van der Waals surface area contributed by atoms with E-state index in [-0.39, 0.29) is 0 Å². The first-order valence-corrected chi connectivity index (χ1v) is 9.32. The van der Waals surface area contributed by atoms with Crippen LogP contribution < -0.4 is 10.5 Å². The molecule has 0 spiro atoms. The van der Waals surface area contributed by atoms with Gasteiger partial charge in [-0.25, -0.2) is 0 Å². The second-order valence-corrected chi connectivity index (χ2v) is 6.89. The Labute approximate surface area is 163 Å². The third-order valence-corrected chi connectivity index (χ3v) is 5.03. The average Bonchev–Trinajstić information content (AvgIpc) is 2.74. The van der Waals surface area contributed by atoms with Gasteiger partial charge in [0.05, 0.1) is 0 Å². The van der Waals surface area contributed by atoms with Crippen LogP contribution in [0.25, 0.3) is 32.7 Å². The Hall–Kier alpha value is -3.78. The summed E-state index contributed by atoms with van der Waals surface area (Å²) < 4.78 is 6.20. The van der Waals surface area contributed by atoms with Gasteiger partial charge in [0.15, 0.2) is 0 Å². The highest BCUT2D eigenvalue weighted by Gasteiger charge is 2.11. The molecule has 0 aliphatic rings. The Kier molecular flexibility index (Phi) is 3.95. The van der Waals surface area contributed by atoms with E-state index in [0.29, 0.717) is 0 Å². The molecular weight excluding hydrogens is 342 g/mol. The molecule has 0 atom stereocenters. The molecule has 0 amide bonds. The molecule has 134 valence electrons. The zero-order chi connectivity index (χ0) is 18.9. The number of hydrogen-bond donors (Lipinski definition) is 1. The highest BCUT2D eigenvalue weighted by Crippen LogP contribution is 2.38. The second-order valence-electron chi connectivity index (χ2n) is 6.89. The van der Waals surface area contributed by atoms with Crippen molar-refractivity contribution < 1.29 is 4.74 Å². The van der Waals surface area contributed by atoms with Gasteiger partial charge in [0.2, 0.25) is 0 Å². The van der Waals surface area contributed by atoms with E-state index < -0.39 is 0 Å². The van der Waals surface area contributed by atoms with E-state index in [1.54, 1.807) is 0 Å². The fourth-order valence-electron chi connectivity index (χ4n) is 3.64. The third kappa shape index (κ3) is 2.95. The number of anilines is 1. The van der Waals surface area contributed by atoms with E-state index in [0.717, 1.165) is 28.3 Å². The smallest absolute Gasteiger partial charge is 0.135 e. The minimum atomic E-state index is 0.724. The zero-order valence-corrected chi connectivity index (χ0v) is 15.3. The number of nitrogen functional groups attached to an aromatic ring is 1. The molecule has 5 rings (SSSR count). The Balaban J connectivity index is 1.68. The van der Waals surface area contributed by atoms with Crippen LogP contribution in [0.5, 0.6) is 11.5 Å². The van der Waals surface area contributed by atoms with E-state index in [1.807, 2.05) is 42.5 Å². The van der Waals surface area contributed by atoms with Gasteiger partial charge >= 0.3 is 0 Å². The van der Waals surface area contributed by atoms with Crippen molar-refractivity contribution in [2.45, 2.75) is 0 Å². The average molecular weight is 361 g/mol. The lowest BCUT2D eigenvalue weighted by molar-refractivity contribution is 0.484. The fourth-order valence-corrected chi connectivity index (χ4v) is 3.64. The number of rotatable bonds is 3. The summed E-state index contributed by atoms with van der Waals surface area (Å²) in [5.41, 5.74) is 8.75. The summed E-state index contributed by atoms with van der Waals surface area (Å²) in [7, 11) is 0. The maximum Gasteiger partial charge on any atom is 0.135 e. The van der Waals surface area contributed by atoms with Crippen LogP contribution in [0.2, 0.25) is 0 Å². The first-order valence-electron chi connectivity index (χ1n) is 9.32. The predicted molar refractivity (Wildman–Crippen MR) is 118 cm³/mol. The number of para-hydroxylation sites is 1. The first-order chi connectivity index (χ1) is 13.8. The molecule has 0 saturated heterocycles. The molecule has 0 aliphatic heterocycles. The van der Waals surface area contributed by atoms with Gasteiger partial charge in [0.1, 0.15) is 11.5 Å². The number of fused-ring (bicyclic) bond motifs is 2. The van der Waals surface area contributed by atoms with Crippen LogP contribution in [0.1, 0.15) is 0 Å². The molecule has 0 aromatic heterocycles. The molecule has 2 N–H and O–H groups in total. The molecule has 0 aliphatic carbocycles. The van der Waals surface area contributed by atoms with Crippen molar-refractivity contribution in [3.63, 3.8) is 0 Å². The van der Waals surface area contributed by atoms with Crippen LogP contribution in [0.4, 0.5) is 5.69 Å². The molecule has 5 aromatic rings. The molecule has 0 bridgehead atoms. The number of benzene rings is 5. The number of hydrogen-bond acceptors (Lipinski definition) is 2. The summed E-state index contributed by atoms with van der Waals surface area (Å²) >= 11 is 0. The standard InChI is InChI=1S/C26H19NO/c27-21-12-14-22(15-13-21)28-26-11-4-3-9-24(26)23-10-5-8-20-16-18-6-1-2-7-19(18)17-25(20)23/h1-17H,27H2. The lowest BCUT2D eigenvalue weighted by atomic mass is 9.95. The Morgan fingerprint density at radius 1 is 0.536 bits per heavy atom. The Morgan fingerprint density at radius 2 is 1.18 bits per heavy atom. The molecule has 0 heterocycles. The molecule has 0 fully saturated rings. The maximum absolute atomic E-state index is 6.20. The fraction of sp³-hybridized carbons (Fsp3) is 0. The molecule has 2 heteroatoms. The maximum atomic E-state index is 6.20. The van der Waals surface area contributed by atoms with Gasteiger partial charge in [-0.15, -0.1) is 0 Å². The third-order valence-electron chi connectivity index (χ3n) is 5.03. The summed E-state index contributed by atoms with van der Waals surface area (Å²) in [5.74, 6) is 1.60. The normalized spacial score (nSPS) is 11.0. The van der Waals surface area contributed by atoms with Crippen molar-refractivity contribution >= 4 is 27.2 Å². The Morgan fingerprint density at radius 3 is 2.00 bits per heavy atom. The molecule has 2 nitrogen and oxygen atoms in total. The minimum absolute atomic E-state index is 0.724. The number of nitrogens with two attached hydrogens (primary N) is 1. The molecule has 0 unspecified atom stereocenters. The first kappa shape index (κ1) is 16.4. The molecule has 28 heavy (non-hydrogen) atoms. The second kappa shape index (κ2) is 6.75. The van der Waals surface area contributed by atoms with Crippen molar-refractivity contribution in [3.05, 3.63) is 103 Å². The summed E-state index contributed by atoms with van der Waals surface area (Å²) in [5, 5.41) is 4.92. The molecule has 5 aromatic carbocycles. The topological polar surface area (TPSA) is 35.2 Å². The van der Waals surface area contributed by atoms with Crippen molar-refractivity contribution in [3.8, 4) is 22.6 Å². The van der Waals surface area contributed by atoms with Gasteiger partial charge in [-0.1, -0.05) is 60.7 Å². The highest BCUT2D eigenvalue weighted by atomic mass is 16.5. The van der Waals surface area contributed by atoms with Crippen LogP contribution in [-0.2, 0) is 0 Å². The molecule has 0 radical (unpaired) electrons. The highest BCUT2D eigenvalue weighted by molar-refractivity contribution is 6.05. The lowest BCUT2D eigenvalue weighted by Gasteiger charge is -2.14. The van der Waals surface area contributed by atoms with E-state index >= 15 is 0 Å². The summed E-state index contributed by atoms with van der Waals surface area (Å²) in [6.45, 7) is 0. The SMILES string of the molecule is Nc1ccc(Oc2ccccc2-c2cccc3cc4ccccc4cc23)cc1. The molecule has 0 saturated carbocycles. The summed E-state index contributed by atoms with van der Waals surface area (Å²) in [6.07, 6.45) is 0. The van der Waals surface area contributed by atoms with E-state index in [4.69, 9.17) is 10.5 Å². The van der Waals surface area contributed by atoms with Gasteiger partial charge < -0.3 is 10.5 Å². The van der Waals surface area contributed by atoms with Gasteiger partial charge in [0.25, 0.3) is 0 Å². The van der Waals surface area contributed by atoms with Crippen molar-refractivity contribution in [1.29, 1.82) is 0 Å². The van der Waals surface area contributed by atoms with Crippen LogP contribution in [0, 0.1) is 0 Å². The van der Waals surface area contributed by atoms with Crippen LogP contribution in [0.15, 0.2) is 103 Å². The van der Waals surface area contributed by atoms with Crippen LogP contribution >= 0.6 is 0 Å². The van der Waals surface area contributed by atoms with Gasteiger partial charge in [-0.3, -0.25) is 0 Å². The van der Waals surface area contributed by atoms with Gasteiger partial charge in [0, 0.05) is 11.3 Å². The Bertz CT molecular complexity index is 1290. The van der Waals surface area contributed by atoms with Gasteiger partial charge in [-0.2, -0.15) is 0 Å². The molecular formula is C26H19NO. The van der Waals surface area contributed by atoms with E-state index in [2.05, 4.69) is 60.7 Å². The number of ether oxygens (including phenoxy) is 1. The predicted octanol–water partition coefficient (Wildman–Crippen LogP) is 7.03. The largest absolute Gasteiger partial charge is 0.457 e. The van der Waals surface area contributed by atoms with Crippen molar-refractivity contribution in [2.75, 3.05) is 5.73 Å². The van der Waals surface area contributed by atoms with Crippen LogP contribution in [0.3, 0.4) is 0 Å². The van der Waals surface area contributed by atoms with Crippen molar-refractivity contribution in [1.82, 2.24) is 0 Å². The van der Waals surface area contributed by atoms with E-state index in [1.165, 1.54) is 21.5 Å². The van der Waals surface area contributed by atoms with Crippen LogP contribution in [-0.4, -0.2) is 0 Å². The minimum Gasteiger partial charge on any atom is -0.457 e. The van der Waals surface area contributed by atoms with Gasteiger partial charge in [-0.05, 0) is 69.6 Å². The van der Waals surface area contributed by atoms with Crippen molar-refractivity contribution in [2.24, 2.45) is 0 Å².